The molecule has 20 heavy (non-hydrogen) atoms. The number of likely N-dealkylation sites (tertiary alicyclic amines) is 1. The summed E-state index contributed by atoms with van der Waals surface area (Å²) in [5.74, 6) is 0. The fourth-order valence-electron chi connectivity index (χ4n) is 2.87. The van der Waals surface area contributed by atoms with E-state index in [-0.39, 0.29) is 0 Å². The fourth-order valence-corrected chi connectivity index (χ4v) is 2.87. The van der Waals surface area contributed by atoms with Crippen LogP contribution in [0.4, 0.5) is 0 Å². The van der Waals surface area contributed by atoms with Crippen molar-refractivity contribution in [3.8, 4) is 0 Å². The third kappa shape index (κ3) is 2.85. The van der Waals surface area contributed by atoms with Crippen LogP contribution in [0, 0.1) is 13.8 Å². The predicted octanol–water partition coefficient (Wildman–Crippen LogP) is 3.34. The lowest BCUT2D eigenvalue weighted by Gasteiger charge is -2.30. The highest BCUT2D eigenvalue weighted by molar-refractivity contribution is 5.79. The molecule has 2 aromatic rings. The molecule has 0 bridgehead atoms. The topological polar surface area (TPSA) is 34.0 Å². The summed E-state index contributed by atoms with van der Waals surface area (Å²) in [4.78, 5) is 2.40. The first-order valence-electron chi connectivity index (χ1n) is 7.65. The number of hydrogen-bond acceptors (Lipinski definition) is 3. The highest BCUT2D eigenvalue weighted by atomic mass is 15.1. The van der Waals surface area contributed by atoms with Gasteiger partial charge in [-0.25, -0.2) is 0 Å². The molecule has 0 atom stereocenters. The average Bonchev–Trinajstić information content (AvgIpc) is 2.78. The summed E-state index contributed by atoms with van der Waals surface area (Å²) >= 11 is 0. The van der Waals surface area contributed by atoms with Gasteiger partial charge in [0.2, 0.25) is 0 Å². The van der Waals surface area contributed by atoms with Crippen LogP contribution >= 0.6 is 0 Å². The fraction of sp³-hybridized carbons (Fsp3) is 0.625. The van der Waals surface area contributed by atoms with Crippen LogP contribution in [-0.4, -0.2) is 39.8 Å². The van der Waals surface area contributed by atoms with Crippen LogP contribution in [-0.2, 0) is 0 Å². The van der Waals surface area contributed by atoms with Crippen molar-refractivity contribution in [2.24, 2.45) is 0 Å². The molecule has 0 unspecified atom stereocenters. The molecule has 0 aromatic carbocycles. The Labute approximate surface area is 121 Å². The molecule has 3 heterocycles. The van der Waals surface area contributed by atoms with Gasteiger partial charge in [0, 0.05) is 12.2 Å². The molecular formula is C16H26N4. The predicted molar refractivity (Wildman–Crippen MR) is 84.1 cm³/mol. The molecule has 4 heteroatoms. The van der Waals surface area contributed by atoms with Crippen LogP contribution in [0.15, 0.2) is 12.3 Å². The molecule has 1 fully saturated rings. The normalized spacial score (nSPS) is 17.1. The van der Waals surface area contributed by atoms with E-state index in [0.717, 1.165) is 11.2 Å². The summed E-state index contributed by atoms with van der Waals surface area (Å²) < 4.78 is 2.42. The van der Waals surface area contributed by atoms with Crippen molar-refractivity contribution < 1.29 is 0 Å². The Bertz CT molecular complexity index is 565. The van der Waals surface area contributed by atoms with Crippen molar-refractivity contribution in [3.63, 3.8) is 0 Å². The van der Waals surface area contributed by atoms with E-state index < -0.39 is 0 Å². The molecule has 0 amide bonds. The second-order valence-electron chi connectivity index (χ2n) is 5.47. The largest absolute Gasteiger partial charge is 0.343 e. The molecular weight excluding hydrogens is 248 g/mol. The van der Waals surface area contributed by atoms with Gasteiger partial charge in [0.15, 0.2) is 0 Å². The minimum Gasteiger partial charge on any atom is -0.343 e. The molecule has 1 saturated heterocycles. The maximum atomic E-state index is 4.33. The van der Waals surface area contributed by atoms with E-state index in [4.69, 9.17) is 0 Å². The van der Waals surface area contributed by atoms with Gasteiger partial charge in [-0.05, 0) is 58.5 Å². The number of piperidine rings is 1. The first kappa shape index (κ1) is 15.0. The monoisotopic (exact) mass is 274 g/mol. The van der Waals surface area contributed by atoms with Crippen LogP contribution in [0.3, 0.4) is 0 Å². The minimum atomic E-state index is 0.612. The van der Waals surface area contributed by atoms with Crippen LogP contribution in [0.1, 0.15) is 44.0 Å². The Morgan fingerprint density at radius 2 is 1.75 bits per heavy atom. The third-order valence-electron chi connectivity index (χ3n) is 3.96. The summed E-state index contributed by atoms with van der Waals surface area (Å²) in [7, 11) is 2.20. The maximum Gasteiger partial charge on any atom is 0.114 e. The summed E-state index contributed by atoms with van der Waals surface area (Å²) in [6, 6.07) is 2.77. The van der Waals surface area contributed by atoms with Crippen molar-refractivity contribution in [1.29, 1.82) is 0 Å². The lowest BCUT2D eigenvalue weighted by atomic mass is 10.1. The molecule has 0 aliphatic carbocycles. The standard InChI is InChI=1S/C14H20N4.C2H6/c1-10-9-18(12-4-6-17(3)7-5-12)13-8-11(2)15-16-14(10)13;1-2/h8-9,12H,4-7H2,1-3H3;1-2H3. The second-order valence-corrected chi connectivity index (χ2v) is 5.47. The highest BCUT2D eigenvalue weighted by Crippen LogP contribution is 2.28. The Morgan fingerprint density at radius 3 is 2.40 bits per heavy atom. The van der Waals surface area contributed by atoms with Crippen molar-refractivity contribution in [2.75, 3.05) is 20.1 Å². The summed E-state index contributed by atoms with van der Waals surface area (Å²) in [6.45, 7) is 10.5. The molecule has 0 radical (unpaired) electrons. The van der Waals surface area contributed by atoms with Gasteiger partial charge in [0.05, 0.1) is 11.2 Å². The SMILES string of the molecule is CC.Cc1cc2c(nn1)c(C)cn2C1CCN(C)CC1. The number of nitrogens with zero attached hydrogens (tertiary/aromatic N) is 4. The number of aryl methyl sites for hydroxylation is 2. The second kappa shape index (κ2) is 6.35. The van der Waals surface area contributed by atoms with Crippen molar-refractivity contribution in [1.82, 2.24) is 19.7 Å². The molecule has 4 nitrogen and oxygen atoms in total. The Kier molecular flexibility index (Phi) is 4.76. The molecule has 0 spiro atoms. The molecule has 1 aliphatic rings. The van der Waals surface area contributed by atoms with Gasteiger partial charge in [-0.2, -0.15) is 5.10 Å². The van der Waals surface area contributed by atoms with E-state index in [9.17, 15) is 0 Å². The van der Waals surface area contributed by atoms with E-state index in [1.807, 2.05) is 20.8 Å². The van der Waals surface area contributed by atoms with E-state index in [1.54, 1.807) is 0 Å². The average molecular weight is 274 g/mol. The molecule has 110 valence electrons. The Hall–Kier alpha value is -1.42. The zero-order valence-electron chi connectivity index (χ0n) is 13.3. The van der Waals surface area contributed by atoms with E-state index >= 15 is 0 Å². The summed E-state index contributed by atoms with van der Waals surface area (Å²) in [5, 5.41) is 8.50. The maximum absolute atomic E-state index is 4.33. The molecule has 0 saturated carbocycles. The molecule has 1 aliphatic heterocycles. The lowest BCUT2D eigenvalue weighted by Crippen LogP contribution is -2.31. The van der Waals surface area contributed by atoms with Crippen molar-refractivity contribution >= 4 is 11.0 Å². The van der Waals surface area contributed by atoms with E-state index in [1.165, 1.54) is 37.0 Å². The Balaban J connectivity index is 0.000000704. The van der Waals surface area contributed by atoms with Gasteiger partial charge in [0.25, 0.3) is 0 Å². The summed E-state index contributed by atoms with van der Waals surface area (Å²) in [5.41, 5.74) is 4.53. The van der Waals surface area contributed by atoms with E-state index in [0.29, 0.717) is 6.04 Å². The van der Waals surface area contributed by atoms with E-state index in [2.05, 4.69) is 45.9 Å². The smallest absolute Gasteiger partial charge is 0.114 e. The van der Waals surface area contributed by atoms with Gasteiger partial charge in [-0.1, -0.05) is 13.8 Å². The van der Waals surface area contributed by atoms with Crippen molar-refractivity contribution in [2.45, 2.75) is 46.6 Å². The van der Waals surface area contributed by atoms with Gasteiger partial charge in [0.1, 0.15) is 5.52 Å². The summed E-state index contributed by atoms with van der Waals surface area (Å²) in [6.07, 6.45) is 4.69. The highest BCUT2D eigenvalue weighted by Gasteiger charge is 2.20. The molecule has 2 aromatic heterocycles. The third-order valence-corrected chi connectivity index (χ3v) is 3.96. The number of rotatable bonds is 1. The van der Waals surface area contributed by atoms with Gasteiger partial charge < -0.3 is 9.47 Å². The molecule has 0 N–H and O–H groups in total. The lowest BCUT2D eigenvalue weighted by molar-refractivity contribution is 0.224. The first-order valence-corrected chi connectivity index (χ1v) is 7.65. The Morgan fingerprint density at radius 1 is 1.10 bits per heavy atom. The van der Waals surface area contributed by atoms with Crippen LogP contribution in [0.5, 0.6) is 0 Å². The number of hydrogen-bond donors (Lipinski definition) is 0. The number of aromatic nitrogens is 3. The number of fused-ring (bicyclic) bond motifs is 1. The van der Waals surface area contributed by atoms with Crippen LogP contribution in [0.2, 0.25) is 0 Å². The van der Waals surface area contributed by atoms with Crippen LogP contribution < -0.4 is 0 Å². The zero-order valence-corrected chi connectivity index (χ0v) is 13.3. The van der Waals surface area contributed by atoms with Gasteiger partial charge >= 0.3 is 0 Å². The molecule has 3 rings (SSSR count). The van der Waals surface area contributed by atoms with Gasteiger partial charge in [-0.15, -0.1) is 5.10 Å². The minimum absolute atomic E-state index is 0.612. The van der Waals surface area contributed by atoms with Crippen molar-refractivity contribution in [3.05, 3.63) is 23.5 Å². The quantitative estimate of drug-likeness (QED) is 0.800. The zero-order chi connectivity index (χ0) is 14.7. The van der Waals surface area contributed by atoms with Gasteiger partial charge in [-0.3, -0.25) is 0 Å². The van der Waals surface area contributed by atoms with Crippen LogP contribution in [0.25, 0.3) is 11.0 Å². The first-order chi connectivity index (χ1) is 9.65.